The highest BCUT2D eigenvalue weighted by atomic mass is 16.6. The fraction of sp³-hybridized carbons (Fsp3) is 0.0556. The van der Waals surface area contributed by atoms with Gasteiger partial charge in [-0.15, -0.1) is 0 Å². The molecule has 1 aromatic carbocycles. The second kappa shape index (κ2) is 7.39. The number of nitrogens with zero attached hydrogens (tertiary/aromatic N) is 4. The molecular weight excluding hydrogens is 336 g/mol. The molecule has 2 aromatic heterocycles. The molecule has 0 spiro atoms. The molecule has 0 bridgehead atoms. The maximum atomic E-state index is 12.7. The Balaban J connectivity index is 1.97. The highest BCUT2D eigenvalue weighted by Crippen LogP contribution is 2.18. The zero-order chi connectivity index (χ0) is 18.5. The third-order valence-corrected chi connectivity index (χ3v) is 3.60. The number of carboxylic acid groups (broad SMARTS) is 1. The maximum Gasteiger partial charge on any atom is 0.353 e. The van der Waals surface area contributed by atoms with Crippen LogP contribution in [-0.2, 0) is 4.84 Å². The van der Waals surface area contributed by atoms with Gasteiger partial charge in [0, 0.05) is 29.7 Å². The van der Waals surface area contributed by atoms with Crippen molar-refractivity contribution in [1.82, 2.24) is 14.5 Å². The normalized spacial score (nSPS) is 11.2. The van der Waals surface area contributed by atoms with E-state index in [0.717, 1.165) is 15.7 Å². The van der Waals surface area contributed by atoms with E-state index < -0.39 is 11.9 Å². The Kier molecular flexibility index (Phi) is 4.84. The Morgan fingerprint density at radius 3 is 2.38 bits per heavy atom. The summed E-state index contributed by atoms with van der Waals surface area (Å²) in [5, 5.41) is 13.3. The number of hydrogen-bond acceptors (Lipinski definition) is 6. The van der Waals surface area contributed by atoms with E-state index >= 15 is 0 Å². The summed E-state index contributed by atoms with van der Waals surface area (Å²) >= 11 is 0. The van der Waals surface area contributed by atoms with Crippen LogP contribution in [-0.4, -0.2) is 38.6 Å². The average molecular weight is 350 g/mol. The van der Waals surface area contributed by atoms with Crippen molar-refractivity contribution in [3.63, 3.8) is 0 Å². The summed E-state index contributed by atoms with van der Waals surface area (Å²) in [6.45, 7) is 0. The number of pyridine rings is 1. The van der Waals surface area contributed by atoms with Crippen LogP contribution in [0, 0.1) is 0 Å². The van der Waals surface area contributed by atoms with Crippen molar-refractivity contribution >= 4 is 11.9 Å². The summed E-state index contributed by atoms with van der Waals surface area (Å²) in [6, 6.07) is 9.50. The first-order valence-corrected chi connectivity index (χ1v) is 7.53. The second-order valence-electron chi connectivity index (χ2n) is 5.23. The Morgan fingerprint density at radius 1 is 1.08 bits per heavy atom. The van der Waals surface area contributed by atoms with Gasteiger partial charge in [-0.3, -0.25) is 9.36 Å². The standard InChI is InChI=1S/C18H14N4O4/c1-26-21-15-6-7-22(16(8-15)18(24)25)17(23)13-4-2-12(3-5-13)14-9-19-11-20-10-14/h2-11H,1H3,(H,24,25). The van der Waals surface area contributed by atoms with Gasteiger partial charge in [0.1, 0.15) is 24.5 Å². The zero-order valence-electron chi connectivity index (χ0n) is 13.7. The summed E-state index contributed by atoms with van der Waals surface area (Å²) in [4.78, 5) is 36.7. The van der Waals surface area contributed by atoms with E-state index in [2.05, 4.69) is 20.0 Å². The molecule has 0 atom stereocenters. The third kappa shape index (κ3) is 3.48. The summed E-state index contributed by atoms with van der Waals surface area (Å²) < 4.78 is 1.05. The molecule has 0 aliphatic heterocycles. The molecule has 3 rings (SSSR count). The van der Waals surface area contributed by atoms with Gasteiger partial charge in [-0.1, -0.05) is 17.3 Å². The topological polar surface area (TPSA) is 107 Å². The number of benzene rings is 1. The Bertz CT molecular complexity index is 1010. The molecule has 0 aliphatic carbocycles. The van der Waals surface area contributed by atoms with Gasteiger partial charge >= 0.3 is 5.97 Å². The minimum atomic E-state index is -1.25. The minimum Gasteiger partial charge on any atom is -0.477 e. The molecule has 0 radical (unpaired) electrons. The van der Waals surface area contributed by atoms with E-state index in [4.69, 9.17) is 0 Å². The van der Waals surface area contributed by atoms with E-state index in [9.17, 15) is 14.7 Å². The van der Waals surface area contributed by atoms with Crippen molar-refractivity contribution in [2.45, 2.75) is 0 Å². The molecule has 8 heteroatoms. The van der Waals surface area contributed by atoms with Crippen LogP contribution in [0.5, 0.6) is 0 Å². The molecule has 0 saturated carbocycles. The van der Waals surface area contributed by atoms with Crippen LogP contribution in [0.2, 0.25) is 0 Å². The van der Waals surface area contributed by atoms with Crippen molar-refractivity contribution in [1.29, 1.82) is 0 Å². The number of carbonyl (C=O) groups excluding carboxylic acids is 1. The first-order valence-electron chi connectivity index (χ1n) is 7.53. The molecule has 26 heavy (non-hydrogen) atoms. The average Bonchev–Trinajstić information content (AvgIpc) is 2.68. The molecule has 1 N–H and O–H groups in total. The van der Waals surface area contributed by atoms with Crippen molar-refractivity contribution in [2.75, 3.05) is 7.11 Å². The highest BCUT2D eigenvalue weighted by molar-refractivity contribution is 6.00. The second-order valence-corrected chi connectivity index (χ2v) is 5.23. The fourth-order valence-electron chi connectivity index (χ4n) is 2.39. The Hall–Kier alpha value is -3.81. The molecule has 3 aromatic rings. The van der Waals surface area contributed by atoms with Gasteiger partial charge in [-0.25, -0.2) is 14.8 Å². The fourth-order valence-corrected chi connectivity index (χ4v) is 2.39. The summed E-state index contributed by atoms with van der Waals surface area (Å²) in [6.07, 6.45) is 6.12. The van der Waals surface area contributed by atoms with Crippen molar-refractivity contribution < 1.29 is 19.5 Å². The number of hydrogen-bond donors (Lipinski definition) is 1. The summed E-state index contributed by atoms with van der Waals surface area (Å²) in [5.74, 6) is -1.72. The first-order chi connectivity index (χ1) is 12.6. The smallest absolute Gasteiger partial charge is 0.353 e. The van der Waals surface area contributed by atoms with Crippen LogP contribution in [0.3, 0.4) is 0 Å². The van der Waals surface area contributed by atoms with E-state index in [1.165, 1.54) is 31.8 Å². The monoisotopic (exact) mass is 350 g/mol. The molecular formula is C18H14N4O4. The number of rotatable bonds is 4. The Morgan fingerprint density at radius 2 is 1.77 bits per heavy atom. The molecule has 0 fully saturated rings. The van der Waals surface area contributed by atoms with E-state index in [1.54, 1.807) is 36.7 Å². The van der Waals surface area contributed by atoms with Gasteiger partial charge < -0.3 is 9.94 Å². The predicted molar refractivity (Wildman–Crippen MR) is 91.2 cm³/mol. The molecule has 2 heterocycles. The van der Waals surface area contributed by atoms with Gasteiger partial charge in [0.15, 0.2) is 0 Å². The number of carboxylic acids is 1. The molecule has 8 nitrogen and oxygen atoms in total. The molecule has 0 aliphatic rings. The van der Waals surface area contributed by atoms with Gasteiger partial charge in [-0.05, 0) is 29.8 Å². The lowest BCUT2D eigenvalue weighted by Crippen LogP contribution is -2.22. The number of aromatic carboxylic acids is 1. The molecule has 130 valence electrons. The lowest BCUT2D eigenvalue weighted by atomic mass is 10.1. The van der Waals surface area contributed by atoms with Crippen LogP contribution in [0.15, 0.2) is 66.5 Å². The first kappa shape index (κ1) is 17.0. The van der Waals surface area contributed by atoms with Crippen LogP contribution in [0.1, 0.15) is 20.8 Å². The minimum absolute atomic E-state index is 0.214. The summed E-state index contributed by atoms with van der Waals surface area (Å²) in [5.41, 5.74) is 1.79. The van der Waals surface area contributed by atoms with Gasteiger partial charge in [0.25, 0.3) is 5.91 Å². The SMILES string of the molecule is CON=c1ccn(C(=O)c2ccc(-c3cncnc3)cc2)c(C(=O)O)c1. The third-order valence-electron chi connectivity index (χ3n) is 3.60. The predicted octanol–water partition coefficient (Wildman–Crippen LogP) is 1.79. The van der Waals surface area contributed by atoms with E-state index in [0.29, 0.717) is 10.9 Å². The molecule has 0 saturated heterocycles. The van der Waals surface area contributed by atoms with E-state index in [-0.39, 0.29) is 5.69 Å². The number of carbonyl (C=O) groups is 2. The maximum absolute atomic E-state index is 12.7. The molecule has 0 unspecified atom stereocenters. The van der Waals surface area contributed by atoms with Gasteiger partial charge in [0.2, 0.25) is 0 Å². The highest BCUT2D eigenvalue weighted by Gasteiger charge is 2.16. The van der Waals surface area contributed by atoms with Crippen LogP contribution >= 0.6 is 0 Å². The van der Waals surface area contributed by atoms with Crippen molar-refractivity contribution in [3.05, 3.63) is 77.9 Å². The van der Waals surface area contributed by atoms with Crippen molar-refractivity contribution in [2.24, 2.45) is 5.16 Å². The van der Waals surface area contributed by atoms with Crippen molar-refractivity contribution in [3.8, 4) is 11.1 Å². The lowest BCUT2D eigenvalue weighted by Gasteiger charge is -2.10. The summed E-state index contributed by atoms with van der Waals surface area (Å²) in [7, 11) is 1.35. The van der Waals surface area contributed by atoms with Crippen LogP contribution < -0.4 is 5.36 Å². The zero-order valence-corrected chi connectivity index (χ0v) is 13.7. The molecule has 0 amide bonds. The van der Waals surface area contributed by atoms with Gasteiger partial charge in [0.05, 0.1) is 0 Å². The Labute approximate surface area is 148 Å². The lowest BCUT2D eigenvalue weighted by molar-refractivity contribution is 0.0674. The largest absolute Gasteiger partial charge is 0.477 e. The van der Waals surface area contributed by atoms with Crippen LogP contribution in [0.25, 0.3) is 11.1 Å². The van der Waals surface area contributed by atoms with E-state index in [1.807, 2.05) is 0 Å². The van der Waals surface area contributed by atoms with Crippen LogP contribution in [0.4, 0.5) is 0 Å². The number of aromatic nitrogens is 3. The van der Waals surface area contributed by atoms with Gasteiger partial charge in [-0.2, -0.15) is 0 Å². The quantitative estimate of drug-likeness (QED) is 0.719.